The molecule has 0 aliphatic heterocycles. The minimum Gasteiger partial charge on any atom is -0.366 e. The fraction of sp³-hybridized carbons (Fsp3) is 0. The second-order valence-corrected chi connectivity index (χ2v) is 3.57. The number of carbonyl (C=O) groups excluding carboxylic acids is 1. The molecule has 0 heterocycles. The molecule has 2 nitrogen and oxygen atoms in total. The van der Waals surface area contributed by atoms with E-state index in [1.165, 1.54) is 18.2 Å². The van der Waals surface area contributed by atoms with E-state index in [4.69, 9.17) is 5.73 Å². The number of amides is 1. The topological polar surface area (TPSA) is 43.1 Å². The van der Waals surface area contributed by atoms with Crippen LogP contribution >= 0.6 is 0 Å². The average molecular weight is 233 g/mol. The Bertz CT molecular complexity index is 581. The van der Waals surface area contributed by atoms with Crippen molar-refractivity contribution in [2.24, 2.45) is 5.73 Å². The number of hydrogen-bond acceptors (Lipinski definition) is 1. The van der Waals surface area contributed by atoms with Gasteiger partial charge in [0.25, 0.3) is 0 Å². The zero-order valence-corrected chi connectivity index (χ0v) is 8.78. The maximum atomic E-state index is 13.5. The molecule has 0 atom stereocenters. The summed E-state index contributed by atoms with van der Waals surface area (Å²) in [5.41, 5.74) is 6.13. The summed E-state index contributed by atoms with van der Waals surface area (Å²) in [7, 11) is 0. The molecule has 0 saturated heterocycles. The van der Waals surface area contributed by atoms with Crippen LogP contribution in [0.15, 0.2) is 42.5 Å². The highest BCUT2D eigenvalue weighted by molar-refractivity contribution is 5.94. The second-order valence-electron chi connectivity index (χ2n) is 3.57. The molecule has 2 aromatic rings. The zero-order chi connectivity index (χ0) is 12.4. The Hall–Kier alpha value is -2.23. The number of nitrogens with two attached hydrogens (primary N) is 1. The first-order valence-corrected chi connectivity index (χ1v) is 4.93. The van der Waals surface area contributed by atoms with Crippen LogP contribution in [0.1, 0.15) is 10.4 Å². The van der Waals surface area contributed by atoms with Gasteiger partial charge in [0.1, 0.15) is 11.6 Å². The number of rotatable bonds is 2. The molecule has 0 aliphatic rings. The maximum absolute atomic E-state index is 13.5. The Morgan fingerprint density at radius 1 is 1.06 bits per heavy atom. The molecular formula is C13H9F2NO. The summed E-state index contributed by atoms with van der Waals surface area (Å²) in [5.74, 6) is -1.90. The molecule has 0 radical (unpaired) electrons. The SMILES string of the molecule is NC(=O)c1cccc(-c2ccc(F)cc2F)c1. The van der Waals surface area contributed by atoms with Gasteiger partial charge < -0.3 is 5.73 Å². The van der Waals surface area contributed by atoms with E-state index in [0.29, 0.717) is 5.56 Å². The van der Waals surface area contributed by atoms with Gasteiger partial charge in [-0.2, -0.15) is 0 Å². The molecule has 1 amide bonds. The third kappa shape index (κ3) is 2.30. The number of hydrogen-bond donors (Lipinski definition) is 1. The van der Waals surface area contributed by atoms with Crippen LogP contribution in [0.25, 0.3) is 11.1 Å². The van der Waals surface area contributed by atoms with E-state index in [1.54, 1.807) is 12.1 Å². The molecule has 2 rings (SSSR count). The summed E-state index contributed by atoms with van der Waals surface area (Å²) in [6.45, 7) is 0. The molecule has 0 fully saturated rings. The van der Waals surface area contributed by atoms with Crippen LogP contribution in [0.4, 0.5) is 8.78 Å². The van der Waals surface area contributed by atoms with Crippen LogP contribution in [-0.4, -0.2) is 5.91 Å². The Morgan fingerprint density at radius 3 is 2.47 bits per heavy atom. The summed E-state index contributed by atoms with van der Waals surface area (Å²) in [5, 5.41) is 0. The smallest absolute Gasteiger partial charge is 0.248 e. The van der Waals surface area contributed by atoms with Crippen molar-refractivity contribution in [2.75, 3.05) is 0 Å². The van der Waals surface area contributed by atoms with Crippen molar-refractivity contribution in [3.8, 4) is 11.1 Å². The first-order valence-electron chi connectivity index (χ1n) is 4.93. The van der Waals surface area contributed by atoms with E-state index in [1.807, 2.05) is 0 Å². The summed E-state index contributed by atoms with van der Waals surface area (Å²) in [4.78, 5) is 11.0. The molecule has 0 unspecified atom stereocenters. The van der Waals surface area contributed by atoms with Crippen molar-refractivity contribution < 1.29 is 13.6 Å². The molecule has 0 spiro atoms. The van der Waals surface area contributed by atoms with Gasteiger partial charge >= 0.3 is 0 Å². The molecule has 86 valence electrons. The van der Waals surface area contributed by atoms with Crippen molar-refractivity contribution >= 4 is 5.91 Å². The standard InChI is InChI=1S/C13H9F2NO/c14-10-4-5-11(12(15)7-10)8-2-1-3-9(6-8)13(16)17/h1-7H,(H2,16,17). The Kier molecular flexibility index (Phi) is 2.87. The first kappa shape index (κ1) is 11.3. The molecule has 2 aromatic carbocycles. The van der Waals surface area contributed by atoms with Crippen LogP contribution in [0.2, 0.25) is 0 Å². The van der Waals surface area contributed by atoms with Crippen molar-refractivity contribution in [3.05, 3.63) is 59.7 Å². The van der Waals surface area contributed by atoms with E-state index in [0.717, 1.165) is 12.1 Å². The second kappa shape index (κ2) is 4.33. The monoisotopic (exact) mass is 233 g/mol. The van der Waals surface area contributed by atoms with Crippen LogP contribution in [0.5, 0.6) is 0 Å². The van der Waals surface area contributed by atoms with Gasteiger partial charge in [-0.1, -0.05) is 12.1 Å². The summed E-state index contributed by atoms with van der Waals surface area (Å²) in [6, 6.07) is 9.51. The van der Waals surface area contributed by atoms with E-state index in [9.17, 15) is 13.6 Å². The molecule has 17 heavy (non-hydrogen) atoms. The van der Waals surface area contributed by atoms with Crippen LogP contribution in [0.3, 0.4) is 0 Å². The lowest BCUT2D eigenvalue weighted by Crippen LogP contribution is -2.10. The van der Waals surface area contributed by atoms with Crippen LogP contribution < -0.4 is 5.73 Å². The molecule has 2 N–H and O–H groups in total. The van der Waals surface area contributed by atoms with E-state index < -0.39 is 17.5 Å². The maximum Gasteiger partial charge on any atom is 0.248 e. The van der Waals surface area contributed by atoms with E-state index in [2.05, 4.69) is 0 Å². The molecule has 0 bridgehead atoms. The Labute approximate surface area is 96.7 Å². The minimum absolute atomic E-state index is 0.231. The number of halogens is 2. The van der Waals surface area contributed by atoms with Crippen LogP contribution in [0, 0.1) is 11.6 Å². The predicted molar refractivity (Wildman–Crippen MR) is 60.3 cm³/mol. The molecule has 0 aliphatic carbocycles. The van der Waals surface area contributed by atoms with Crippen LogP contribution in [-0.2, 0) is 0 Å². The Balaban J connectivity index is 2.53. The number of primary amides is 1. The van der Waals surface area contributed by atoms with Gasteiger partial charge in [-0.25, -0.2) is 8.78 Å². The summed E-state index contributed by atoms with van der Waals surface area (Å²) in [6.07, 6.45) is 0. The van der Waals surface area contributed by atoms with Gasteiger partial charge in [-0.05, 0) is 29.8 Å². The van der Waals surface area contributed by atoms with Gasteiger partial charge in [0, 0.05) is 17.2 Å². The highest BCUT2D eigenvalue weighted by Gasteiger charge is 2.08. The quantitative estimate of drug-likeness (QED) is 0.851. The summed E-state index contributed by atoms with van der Waals surface area (Å²) >= 11 is 0. The molecule has 0 aromatic heterocycles. The minimum atomic E-state index is -0.674. The zero-order valence-electron chi connectivity index (χ0n) is 8.78. The highest BCUT2D eigenvalue weighted by Crippen LogP contribution is 2.24. The van der Waals surface area contributed by atoms with Gasteiger partial charge in [-0.3, -0.25) is 4.79 Å². The van der Waals surface area contributed by atoms with Crippen molar-refractivity contribution in [3.63, 3.8) is 0 Å². The first-order chi connectivity index (χ1) is 8.08. The molecule has 0 saturated carbocycles. The van der Waals surface area contributed by atoms with Gasteiger partial charge in [0.05, 0.1) is 0 Å². The molecular weight excluding hydrogens is 224 g/mol. The van der Waals surface area contributed by atoms with Crippen molar-refractivity contribution in [2.45, 2.75) is 0 Å². The van der Waals surface area contributed by atoms with Crippen molar-refractivity contribution in [1.82, 2.24) is 0 Å². The molecule has 4 heteroatoms. The van der Waals surface area contributed by atoms with E-state index >= 15 is 0 Å². The van der Waals surface area contributed by atoms with Gasteiger partial charge in [-0.15, -0.1) is 0 Å². The lowest BCUT2D eigenvalue weighted by molar-refractivity contribution is 0.100. The Morgan fingerprint density at radius 2 is 1.82 bits per heavy atom. The highest BCUT2D eigenvalue weighted by atomic mass is 19.1. The van der Waals surface area contributed by atoms with E-state index in [-0.39, 0.29) is 11.1 Å². The summed E-state index contributed by atoms with van der Waals surface area (Å²) < 4.78 is 26.3. The number of benzene rings is 2. The third-order valence-corrected chi connectivity index (χ3v) is 2.39. The average Bonchev–Trinajstić information content (AvgIpc) is 2.29. The predicted octanol–water partition coefficient (Wildman–Crippen LogP) is 2.73. The largest absolute Gasteiger partial charge is 0.366 e. The van der Waals surface area contributed by atoms with Gasteiger partial charge in [0.2, 0.25) is 5.91 Å². The fourth-order valence-corrected chi connectivity index (χ4v) is 1.56. The normalized spacial score (nSPS) is 10.2. The third-order valence-electron chi connectivity index (χ3n) is 2.39. The lowest BCUT2D eigenvalue weighted by atomic mass is 10.0. The van der Waals surface area contributed by atoms with Gasteiger partial charge in [0.15, 0.2) is 0 Å². The number of carbonyl (C=O) groups is 1. The fourth-order valence-electron chi connectivity index (χ4n) is 1.56. The van der Waals surface area contributed by atoms with Crippen molar-refractivity contribution in [1.29, 1.82) is 0 Å². The lowest BCUT2D eigenvalue weighted by Gasteiger charge is -2.04.